The van der Waals surface area contributed by atoms with Gasteiger partial charge in [-0.2, -0.15) is 0 Å². The molecule has 0 saturated carbocycles. The first-order valence-corrected chi connectivity index (χ1v) is 11.7. The molecule has 182 valence electrons. The van der Waals surface area contributed by atoms with Crippen molar-refractivity contribution < 1.29 is 9.47 Å². The topological polar surface area (TPSA) is 78.2 Å². The first kappa shape index (κ1) is 23.6. The second kappa shape index (κ2) is 10.2. The van der Waals surface area contributed by atoms with Crippen molar-refractivity contribution in [1.82, 2.24) is 25.0 Å². The zero-order chi connectivity index (χ0) is 25.1. The van der Waals surface area contributed by atoms with Crippen LogP contribution in [0.4, 0.5) is 5.82 Å². The van der Waals surface area contributed by atoms with Crippen LogP contribution >= 0.6 is 11.6 Å². The Labute approximate surface area is 214 Å². The third-order valence-electron chi connectivity index (χ3n) is 6.00. The maximum absolute atomic E-state index is 6.28. The molecule has 2 aromatic carbocycles. The number of ether oxygens (including phenoxy) is 2. The molecule has 0 atom stereocenters. The van der Waals surface area contributed by atoms with E-state index in [0.29, 0.717) is 18.2 Å². The number of halogens is 1. The van der Waals surface area contributed by atoms with E-state index < -0.39 is 0 Å². The molecule has 0 amide bonds. The van der Waals surface area contributed by atoms with Gasteiger partial charge in [-0.3, -0.25) is 0 Å². The van der Waals surface area contributed by atoms with Gasteiger partial charge in [-0.15, -0.1) is 5.10 Å². The molecule has 0 fully saturated rings. The summed E-state index contributed by atoms with van der Waals surface area (Å²) in [5.41, 5.74) is 3.80. The van der Waals surface area contributed by atoms with Gasteiger partial charge in [-0.1, -0.05) is 41.1 Å². The Kier molecular flexibility index (Phi) is 6.69. The highest BCUT2D eigenvalue weighted by atomic mass is 35.5. The number of benzene rings is 2. The molecule has 0 aliphatic heterocycles. The smallest absolute Gasteiger partial charge is 0.139 e. The third kappa shape index (κ3) is 4.94. The van der Waals surface area contributed by atoms with E-state index in [1.54, 1.807) is 31.3 Å². The maximum atomic E-state index is 6.28. The molecular weight excluding hydrogens is 476 g/mol. The summed E-state index contributed by atoms with van der Waals surface area (Å²) in [5.74, 6) is 2.42. The highest BCUT2D eigenvalue weighted by molar-refractivity contribution is 6.30. The Morgan fingerprint density at radius 1 is 0.861 bits per heavy atom. The molecule has 0 aliphatic carbocycles. The van der Waals surface area contributed by atoms with Gasteiger partial charge in [0.15, 0.2) is 0 Å². The molecule has 0 unspecified atom stereocenters. The van der Waals surface area contributed by atoms with Crippen molar-refractivity contribution in [1.29, 1.82) is 0 Å². The first-order chi connectivity index (χ1) is 17.5. The maximum Gasteiger partial charge on any atom is 0.139 e. The summed E-state index contributed by atoms with van der Waals surface area (Å²) in [6.07, 6.45) is 3.48. The molecule has 9 heteroatoms. The molecule has 3 heterocycles. The largest absolute Gasteiger partial charge is 0.497 e. The van der Waals surface area contributed by atoms with E-state index in [4.69, 9.17) is 26.1 Å². The van der Waals surface area contributed by atoms with Gasteiger partial charge in [0.25, 0.3) is 0 Å². The highest BCUT2D eigenvalue weighted by Crippen LogP contribution is 2.32. The van der Waals surface area contributed by atoms with E-state index in [9.17, 15) is 0 Å². The van der Waals surface area contributed by atoms with E-state index in [1.165, 1.54) is 0 Å². The van der Waals surface area contributed by atoms with Crippen molar-refractivity contribution in [3.8, 4) is 22.9 Å². The number of methoxy groups -OCH3 is 2. The Morgan fingerprint density at radius 2 is 1.47 bits per heavy atom. The van der Waals surface area contributed by atoms with Crippen LogP contribution in [0.15, 0.2) is 73.1 Å². The van der Waals surface area contributed by atoms with Gasteiger partial charge in [0.05, 0.1) is 26.1 Å². The van der Waals surface area contributed by atoms with Crippen molar-refractivity contribution in [3.63, 3.8) is 0 Å². The molecule has 8 nitrogen and oxygen atoms in total. The van der Waals surface area contributed by atoms with E-state index in [1.807, 2.05) is 43.4 Å². The van der Waals surface area contributed by atoms with Crippen molar-refractivity contribution >= 4 is 28.2 Å². The van der Waals surface area contributed by atoms with E-state index in [-0.39, 0.29) is 0 Å². The van der Waals surface area contributed by atoms with Crippen LogP contribution in [0.25, 0.3) is 22.2 Å². The fourth-order valence-electron chi connectivity index (χ4n) is 4.11. The minimum Gasteiger partial charge on any atom is -0.497 e. The Morgan fingerprint density at radius 3 is 2.00 bits per heavy atom. The summed E-state index contributed by atoms with van der Waals surface area (Å²) in [5, 5.41) is 10.4. The lowest BCUT2D eigenvalue weighted by molar-refractivity contribution is 0.414. The van der Waals surface area contributed by atoms with Crippen LogP contribution in [-0.2, 0) is 20.1 Å². The molecule has 0 radical (unpaired) electrons. The molecule has 0 spiro atoms. The first-order valence-electron chi connectivity index (χ1n) is 11.4. The Hall–Kier alpha value is -4.17. The zero-order valence-electron chi connectivity index (χ0n) is 20.2. The normalized spacial score (nSPS) is 11.0. The lowest BCUT2D eigenvalue weighted by Gasteiger charge is -2.26. The third-order valence-corrected chi connectivity index (χ3v) is 6.21. The quantitative estimate of drug-likeness (QED) is 0.267. The molecule has 0 aliphatic rings. The average molecular weight is 501 g/mol. The molecule has 36 heavy (non-hydrogen) atoms. The summed E-state index contributed by atoms with van der Waals surface area (Å²) in [4.78, 5) is 11.7. The summed E-state index contributed by atoms with van der Waals surface area (Å²) < 4.78 is 12.4. The molecule has 0 bridgehead atoms. The minimum atomic E-state index is 0.422. The van der Waals surface area contributed by atoms with Crippen molar-refractivity contribution in [2.24, 2.45) is 7.05 Å². The SMILES string of the molecule is COc1ccc(CN(Cc2ccc(OC)cc2)c2nc(-c3cnnn3C)cc3cc(Cl)ncc23)cc1. The molecule has 5 rings (SSSR count). The Bertz CT molecular complexity index is 1440. The summed E-state index contributed by atoms with van der Waals surface area (Å²) in [6.45, 7) is 1.24. The predicted octanol–water partition coefficient (Wildman–Crippen LogP) is 5.30. The number of rotatable bonds is 8. The van der Waals surface area contributed by atoms with Gasteiger partial charge in [-0.05, 0) is 52.9 Å². The summed E-state index contributed by atoms with van der Waals surface area (Å²) >= 11 is 6.28. The van der Waals surface area contributed by atoms with E-state index >= 15 is 0 Å². The van der Waals surface area contributed by atoms with Crippen LogP contribution in [0.1, 0.15) is 11.1 Å². The lowest BCUT2D eigenvalue weighted by atomic mass is 10.1. The summed E-state index contributed by atoms with van der Waals surface area (Å²) in [7, 11) is 5.18. The zero-order valence-corrected chi connectivity index (χ0v) is 21.0. The molecule has 0 N–H and O–H groups in total. The number of aromatic nitrogens is 5. The average Bonchev–Trinajstić information content (AvgIpc) is 3.34. The van der Waals surface area contributed by atoms with Gasteiger partial charge in [0.2, 0.25) is 0 Å². The van der Waals surface area contributed by atoms with Crippen molar-refractivity contribution in [3.05, 3.63) is 89.3 Å². The molecule has 5 aromatic rings. The second-order valence-electron chi connectivity index (χ2n) is 8.35. The van der Waals surface area contributed by atoms with Crippen molar-refractivity contribution in [2.75, 3.05) is 19.1 Å². The van der Waals surface area contributed by atoms with Crippen LogP contribution < -0.4 is 14.4 Å². The minimum absolute atomic E-state index is 0.422. The van der Waals surface area contributed by atoms with Gasteiger partial charge < -0.3 is 14.4 Å². The van der Waals surface area contributed by atoms with Gasteiger partial charge >= 0.3 is 0 Å². The number of hydrogen-bond donors (Lipinski definition) is 0. The fourth-order valence-corrected chi connectivity index (χ4v) is 4.27. The monoisotopic (exact) mass is 500 g/mol. The van der Waals surface area contributed by atoms with E-state index in [0.717, 1.165) is 50.6 Å². The van der Waals surface area contributed by atoms with Gasteiger partial charge in [0, 0.05) is 31.7 Å². The number of aryl methyl sites for hydroxylation is 1. The van der Waals surface area contributed by atoms with E-state index in [2.05, 4.69) is 44.5 Å². The predicted molar refractivity (Wildman–Crippen MR) is 140 cm³/mol. The lowest BCUT2D eigenvalue weighted by Crippen LogP contribution is -2.24. The van der Waals surface area contributed by atoms with Gasteiger partial charge in [0.1, 0.15) is 28.2 Å². The van der Waals surface area contributed by atoms with Crippen LogP contribution in [0, 0.1) is 0 Å². The van der Waals surface area contributed by atoms with Crippen LogP contribution in [-0.4, -0.2) is 39.2 Å². The number of anilines is 1. The van der Waals surface area contributed by atoms with Crippen LogP contribution in [0.5, 0.6) is 11.5 Å². The number of nitrogens with zero attached hydrogens (tertiary/aromatic N) is 6. The second-order valence-corrected chi connectivity index (χ2v) is 8.74. The Balaban J connectivity index is 1.64. The number of hydrogen-bond acceptors (Lipinski definition) is 7. The number of pyridine rings is 2. The van der Waals surface area contributed by atoms with Gasteiger partial charge in [-0.25, -0.2) is 14.6 Å². The molecular formula is C27H25ClN6O2. The molecule has 3 aromatic heterocycles. The number of fused-ring (bicyclic) bond motifs is 1. The standard InChI is InChI=1S/C27H25ClN6O2/c1-33-25(15-30-32-33)24-12-20-13-26(28)29-14-23(20)27(31-24)34(16-18-4-8-21(35-2)9-5-18)17-19-6-10-22(36-3)11-7-19/h4-15H,16-17H2,1-3H3. The van der Waals surface area contributed by atoms with Crippen LogP contribution in [0.3, 0.4) is 0 Å². The summed E-state index contributed by atoms with van der Waals surface area (Å²) in [6, 6.07) is 19.9. The van der Waals surface area contributed by atoms with Crippen molar-refractivity contribution in [2.45, 2.75) is 13.1 Å². The molecule has 0 saturated heterocycles. The fraction of sp³-hybridized carbons (Fsp3) is 0.185. The highest BCUT2D eigenvalue weighted by Gasteiger charge is 2.18. The van der Waals surface area contributed by atoms with Crippen LogP contribution in [0.2, 0.25) is 5.15 Å².